The van der Waals surface area contributed by atoms with E-state index in [9.17, 15) is 4.79 Å². The van der Waals surface area contributed by atoms with Gasteiger partial charge >= 0.3 is 0 Å². The second kappa shape index (κ2) is 7.11. The normalized spacial score (nSPS) is 9.28. The molecule has 1 amide bonds. The summed E-state index contributed by atoms with van der Waals surface area (Å²) in [6, 6.07) is 9.22. The van der Waals surface area contributed by atoms with Gasteiger partial charge in [-0.15, -0.1) is 6.42 Å². The molecule has 0 atom stereocenters. The van der Waals surface area contributed by atoms with E-state index in [1.54, 1.807) is 24.1 Å². The number of nitriles is 1. The summed E-state index contributed by atoms with van der Waals surface area (Å²) in [7, 11) is 1.73. The lowest BCUT2D eigenvalue weighted by Gasteiger charge is -2.17. The molecule has 1 aromatic carbocycles. The van der Waals surface area contributed by atoms with Crippen molar-refractivity contribution in [2.24, 2.45) is 0 Å². The third-order valence-corrected chi connectivity index (χ3v) is 2.43. The molecule has 0 aliphatic rings. The molecule has 0 spiro atoms. The molecule has 4 nitrogen and oxygen atoms in total. The van der Waals surface area contributed by atoms with Gasteiger partial charge in [-0.3, -0.25) is 10.1 Å². The Labute approximate surface area is 107 Å². The largest absolute Gasteiger partial charge is 0.340 e. The molecular weight excluding hydrogens is 226 g/mol. The van der Waals surface area contributed by atoms with Gasteiger partial charge in [-0.05, 0) is 17.7 Å². The number of nitrogens with one attached hydrogen (secondary N) is 1. The number of benzene rings is 1. The Morgan fingerprint density at radius 1 is 1.44 bits per heavy atom. The van der Waals surface area contributed by atoms with E-state index in [0.717, 1.165) is 5.56 Å². The summed E-state index contributed by atoms with van der Waals surface area (Å²) in [5, 5.41) is 11.5. The Kier molecular flexibility index (Phi) is 5.44. The highest BCUT2D eigenvalue weighted by Crippen LogP contribution is 2.05. The first-order chi connectivity index (χ1) is 8.67. The Morgan fingerprint density at radius 3 is 2.67 bits per heavy atom. The van der Waals surface area contributed by atoms with Gasteiger partial charge in [0, 0.05) is 13.6 Å². The minimum absolute atomic E-state index is 0.0189. The van der Waals surface area contributed by atoms with Gasteiger partial charge in [0.25, 0.3) is 0 Å². The molecule has 0 saturated heterocycles. The molecule has 4 heteroatoms. The second-order valence-corrected chi connectivity index (χ2v) is 3.87. The average molecular weight is 241 g/mol. The van der Waals surface area contributed by atoms with E-state index in [4.69, 9.17) is 11.7 Å². The fourth-order valence-electron chi connectivity index (χ4n) is 1.42. The molecule has 1 N–H and O–H groups in total. The van der Waals surface area contributed by atoms with Gasteiger partial charge in [0.15, 0.2) is 0 Å². The van der Waals surface area contributed by atoms with Crippen LogP contribution in [0.4, 0.5) is 0 Å². The van der Waals surface area contributed by atoms with Crippen molar-refractivity contribution in [2.75, 3.05) is 20.1 Å². The van der Waals surface area contributed by atoms with Crippen molar-refractivity contribution in [3.05, 3.63) is 35.4 Å². The van der Waals surface area contributed by atoms with Crippen molar-refractivity contribution in [2.45, 2.75) is 6.54 Å². The molecule has 0 bridgehead atoms. The van der Waals surface area contributed by atoms with E-state index < -0.39 is 0 Å². The molecule has 0 aliphatic heterocycles. The molecule has 1 aromatic rings. The lowest BCUT2D eigenvalue weighted by atomic mass is 10.1. The van der Waals surface area contributed by atoms with E-state index in [1.807, 2.05) is 12.1 Å². The summed E-state index contributed by atoms with van der Waals surface area (Å²) in [5.74, 6) is 2.39. The van der Waals surface area contributed by atoms with Crippen LogP contribution in [-0.4, -0.2) is 30.9 Å². The molecule has 0 radical (unpaired) electrons. The van der Waals surface area contributed by atoms with Crippen LogP contribution >= 0.6 is 0 Å². The fraction of sp³-hybridized carbons (Fsp3) is 0.286. The molecule has 0 unspecified atom stereocenters. The van der Waals surface area contributed by atoms with Crippen molar-refractivity contribution in [1.82, 2.24) is 10.2 Å². The van der Waals surface area contributed by atoms with Crippen molar-refractivity contribution < 1.29 is 4.79 Å². The molecule has 0 saturated carbocycles. The van der Waals surface area contributed by atoms with Crippen molar-refractivity contribution in [1.29, 1.82) is 5.26 Å². The number of terminal acetylenes is 1. The first-order valence-corrected chi connectivity index (χ1v) is 5.54. The minimum atomic E-state index is -0.0189. The Hall–Kier alpha value is -2.30. The summed E-state index contributed by atoms with van der Waals surface area (Å²) in [5.41, 5.74) is 1.60. The smallest absolute Gasteiger partial charge is 0.236 e. The molecule has 1 rings (SSSR count). The van der Waals surface area contributed by atoms with Crippen LogP contribution in [0.25, 0.3) is 0 Å². The first kappa shape index (κ1) is 13.8. The molecular formula is C14H15N3O. The number of rotatable bonds is 5. The quantitative estimate of drug-likeness (QED) is 0.611. The minimum Gasteiger partial charge on any atom is -0.340 e. The molecule has 0 fully saturated rings. The van der Waals surface area contributed by atoms with E-state index >= 15 is 0 Å². The highest BCUT2D eigenvalue weighted by Gasteiger charge is 2.08. The summed E-state index contributed by atoms with van der Waals surface area (Å²) < 4.78 is 0. The maximum atomic E-state index is 11.7. The predicted molar refractivity (Wildman–Crippen MR) is 69.3 cm³/mol. The van der Waals surface area contributed by atoms with Crippen LogP contribution in [-0.2, 0) is 11.3 Å². The van der Waals surface area contributed by atoms with Crippen LogP contribution in [0.15, 0.2) is 24.3 Å². The van der Waals surface area contributed by atoms with Crippen LogP contribution < -0.4 is 5.32 Å². The zero-order chi connectivity index (χ0) is 13.4. The predicted octanol–water partition coefficient (Wildman–Crippen LogP) is 0.739. The van der Waals surface area contributed by atoms with Gasteiger partial charge in [0.2, 0.25) is 5.91 Å². The summed E-state index contributed by atoms with van der Waals surface area (Å²) in [4.78, 5) is 13.3. The second-order valence-electron chi connectivity index (χ2n) is 3.87. The third-order valence-electron chi connectivity index (χ3n) is 2.43. The number of carbonyl (C=O) groups is 1. The van der Waals surface area contributed by atoms with Gasteiger partial charge in [0.05, 0.1) is 24.7 Å². The molecule has 0 aliphatic carbocycles. The summed E-state index contributed by atoms with van der Waals surface area (Å²) >= 11 is 0. The molecule has 92 valence electrons. The third kappa shape index (κ3) is 4.29. The molecule has 0 heterocycles. The summed E-state index contributed by atoms with van der Waals surface area (Å²) in [6.07, 6.45) is 5.08. The lowest BCUT2D eigenvalue weighted by molar-refractivity contribution is -0.129. The van der Waals surface area contributed by atoms with E-state index in [1.165, 1.54) is 0 Å². The van der Waals surface area contributed by atoms with Gasteiger partial charge < -0.3 is 4.90 Å². The highest BCUT2D eigenvalue weighted by atomic mass is 16.2. The Bertz CT molecular complexity index is 479. The van der Waals surface area contributed by atoms with Crippen LogP contribution in [0.5, 0.6) is 0 Å². The Morgan fingerprint density at radius 2 is 2.11 bits per heavy atom. The number of amides is 1. The number of carbonyl (C=O) groups excluding carboxylic acids is 1. The maximum Gasteiger partial charge on any atom is 0.236 e. The molecule has 0 aromatic heterocycles. The number of likely N-dealkylation sites (N-methyl/N-ethyl adjacent to an activating group) is 1. The number of hydrogen-bond acceptors (Lipinski definition) is 3. The first-order valence-electron chi connectivity index (χ1n) is 5.54. The van der Waals surface area contributed by atoms with Crippen LogP contribution in [0.2, 0.25) is 0 Å². The lowest BCUT2D eigenvalue weighted by Crippen LogP contribution is -2.35. The van der Waals surface area contributed by atoms with Crippen molar-refractivity contribution in [3.8, 4) is 18.4 Å². The van der Waals surface area contributed by atoms with Crippen molar-refractivity contribution in [3.63, 3.8) is 0 Å². The molecule has 18 heavy (non-hydrogen) atoms. The van der Waals surface area contributed by atoms with Gasteiger partial charge in [0.1, 0.15) is 0 Å². The van der Waals surface area contributed by atoms with Crippen LogP contribution in [0.1, 0.15) is 11.1 Å². The van der Waals surface area contributed by atoms with Crippen molar-refractivity contribution >= 4 is 5.91 Å². The van der Waals surface area contributed by atoms with E-state index in [2.05, 4.69) is 17.3 Å². The van der Waals surface area contributed by atoms with Crippen LogP contribution in [0, 0.1) is 23.7 Å². The van der Waals surface area contributed by atoms with E-state index in [0.29, 0.717) is 18.7 Å². The summed E-state index contributed by atoms with van der Waals surface area (Å²) in [6.45, 7) is 1.13. The maximum absolute atomic E-state index is 11.7. The SMILES string of the molecule is C#CCNCC(=O)N(C)Cc1ccc(C#N)cc1. The average Bonchev–Trinajstić information content (AvgIpc) is 2.39. The zero-order valence-electron chi connectivity index (χ0n) is 10.3. The monoisotopic (exact) mass is 241 g/mol. The number of nitrogens with zero attached hydrogens (tertiary/aromatic N) is 2. The van der Waals surface area contributed by atoms with Gasteiger partial charge in [-0.25, -0.2) is 0 Å². The highest BCUT2D eigenvalue weighted by molar-refractivity contribution is 5.78. The van der Waals surface area contributed by atoms with E-state index in [-0.39, 0.29) is 12.5 Å². The zero-order valence-corrected chi connectivity index (χ0v) is 10.3. The number of hydrogen-bond donors (Lipinski definition) is 1. The van der Waals surface area contributed by atoms with Gasteiger partial charge in [-0.1, -0.05) is 18.1 Å². The Balaban J connectivity index is 2.48. The standard InChI is InChI=1S/C14H15N3O/c1-3-8-16-10-14(18)17(2)11-13-6-4-12(9-15)5-7-13/h1,4-7,16H,8,10-11H2,2H3. The topological polar surface area (TPSA) is 56.1 Å². The fourth-order valence-corrected chi connectivity index (χ4v) is 1.42. The van der Waals surface area contributed by atoms with Crippen LogP contribution in [0.3, 0.4) is 0 Å². The van der Waals surface area contributed by atoms with Gasteiger partial charge in [-0.2, -0.15) is 5.26 Å².